The van der Waals surface area contributed by atoms with Gasteiger partial charge in [0.05, 0.1) is 17.6 Å². The molecular weight excluding hydrogens is 384 g/mol. The molecule has 1 fully saturated rings. The lowest BCUT2D eigenvalue weighted by molar-refractivity contribution is -0.122. The molecule has 0 unspecified atom stereocenters. The fraction of sp³-hybridized carbons (Fsp3) is 0.409. The number of carbonyl (C=O) groups is 2. The summed E-state index contributed by atoms with van der Waals surface area (Å²) in [6, 6.07) is 9.50. The first-order valence-corrected chi connectivity index (χ1v) is 10.3. The van der Waals surface area contributed by atoms with Crippen molar-refractivity contribution in [3.63, 3.8) is 0 Å². The van der Waals surface area contributed by atoms with Crippen molar-refractivity contribution < 1.29 is 19.1 Å². The van der Waals surface area contributed by atoms with Gasteiger partial charge in [-0.05, 0) is 63.2 Å². The Hall–Kier alpha value is -3.13. The van der Waals surface area contributed by atoms with Gasteiger partial charge in [0, 0.05) is 18.7 Å². The normalized spacial score (nSPS) is 13.8. The first-order valence-electron chi connectivity index (χ1n) is 10.3. The van der Waals surface area contributed by atoms with Crippen LogP contribution >= 0.6 is 0 Å². The number of nitrogens with zero attached hydrogens (tertiary/aromatic N) is 3. The molecule has 4 rings (SSSR count). The molecule has 8 heteroatoms. The molecule has 0 atom stereocenters. The summed E-state index contributed by atoms with van der Waals surface area (Å²) in [5, 5.41) is 9.82. The molecule has 0 spiro atoms. The van der Waals surface area contributed by atoms with Gasteiger partial charge in [0.2, 0.25) is 0 Å². The lowest BCUT2D eigenvalue weighted by atomic mass is 10.2. The van der Waals surface area contributed by atoms with Gasteiger partial charge in [-0.2, -0.15) is 0 Å². The van der Waals surface area contributed by atoms with Gasteiger partial charge in [-0.3, -0.25) is 14.5 Å². The lowest BCUT2D eigenvalue weighted by Crippen LogP contribution is -2.18. The number of aryl methyl sites for hydroxylation is 2. The zero-order valence-corrected chi connectivity index (χ0v) is 17.4. The molecule has 1 aliphatic rings. The Bertz CT molecular complexity index is 1000. The van der Waals surface area contributed by atoms with Crippen LogP contribution in [0.25, 0.3) is 11.0 Å². The van der Waals surface area contributed by atoms with Crippen molar-refractivity contribution in [2.24, 2.45) is 0 Å². The Morgan fingerprint density at radius 2 is 1.97 bits per heavy atom. The summed E-state index contributed by atoms with van der Waals surface area (Å²) in [6.45, 7) is 7.84. The Kier molecular flexibility index (Phi) is 7.24. The number of carboxylic acid groups (broad SMARTS) is 1. The van der Waals surface area contributed by atoms with E-state index in [2.05, 4.69) is 33.6 Å². The average Bonchev–Trinajstić information content (AvgIpc) is 3.48. The number of rotatable bonds is 6. The molecule has 0 aliphatic carbocycles. The van der Waals surface area contributed by atoms with E-state index in [9.17, 15) is 4.79 Å². The molecule has 3 aromatic rings. The summed E-state index contributed by atoms with van der Waals surface area (Å²) in [6.07, 6.45) is 3.37. The van der Waals surface area contributed by atoms with Crippen LogP contribution in [0.1, 0.15) is 48.8 Å². The minimum atomic E-state index is -0.250. The maximum absolute atomic E-state index is 12.5. The topological polar surface area (TPSA) is 101 Å². The third kappa shape index (κ3) is 4.88. The van der Waals surface area contributed by atoms with Gasteiger partial charge < -0.3 is 19.4 Å². The first kappa shape index (κ1) is 21.6. The van der Waals surface area contributed by atoms with Gasteiger partial charge in [-0.25, -0.2) is 4.98 Å². The number of carbonyl (C=O) groups excluding carboxylic acids is 1. The number of likely N-dealkylation sites (tertiary alicyclic amines) is 1. The van der Waals surface area contributed by atoms with Crippen LogP contribution in [0.3, 0.4) is 0 Å². The zero-order chi connectivity index (χ0) is 21.5. The van der Waals surface area contributed by atoms with Crippen molar-refractivity contribution in [2.45, 2.75) is 46.2 Å². The first-order chi connectivity index (χ1) is 14.6. The molecule has 0 radical (unpaired) electrons. The Morgan fingerprint density at radius 1 is 1.23 bits per heavy atom. The molecule has 1 amide bonds. The summed E-state index contributed by atoms with van der Waals surface area (Å²) in [5.41, 5.74) is 2.73. The number of anilines is 1. The van der Waals surface area contributed by atoms with Gasteiger partial charge in [0.25, 0.3) is 12.4 Å². The van der Waals surface area contributed by atoms with E-state index in [1.54, 1.807) is 6.07 Å². The van der Waals surface area contributed by atoms with E-state index in [-0.39, 0.29) is 12.4 Å². The summed E-state index contributed by atoms with van der Waals surface area (Å²) in [5.74, 6) is 2.02. The predicted molar refractivity (Wildman–Crippen MR) is 115 cm³/mol. The van der Waals surface area contributed by atoms with E-state index < -0.39 is 0 Å². The van der Waals surface area contributed by atoms with Gasteiger partial charge in [0.15, 0.2) is 5.76 Å². The van der Waals surface area contributed by atoms with Crippen molar-refractivity contribution in [1.82, 2.24) is 14.5 Å². The van der Waals surface area contributed by atoms with E-state index in [0.717, 1.165) is 60.9 Å². The fourth-order valence-electron chi connectivity index (χ4n) is 3.82. The standard InChI is InChI=1S/C21H26N4O2.CH2O2/c1-3-20-23-17-13-15(7-9-18(17)25(20)4-2)22-21(26)19-10-8-16(27-19)14-24-11-5-6-12-24;2-1-3/h7-10,13H,3-6,11-12,14H2,1-2H3,(H,22,26);1H,(H,2,3). The second-order valence-electron chi connectivity index (χ2n) is 7.14. The van der Waals surface area contributed by atoms with Crippen LogP contribution in [0.15, 0.2) is 34.7 Å². The van der Waals surface area contributed by atoms with Crippen LogP contribution in [-0.2, 0) is 24.3 Å². The fourth-order valence-corrected chi connectivity index (χ4v) is 3.82. The number of nitrogens with one attached hydrogen (secondary N) is 1. The highest BCUT2D eigenvalue weighted by Gasteiger charge is 2.17. The quantitative estimate of drug-likeness (QED) is 0.598. The number of amides is 1. The maximum atomic E-state index is 12.5. The van der Waals surface area contributed by atoms with Crippen molar-refractivity contribution in [3.05, 3.63) is 47.7 Å². The molecule has 0 saturated carbocycles. The van der Waals surface area contributed by atoms with Crippen LogP contribution in [0, 0.1) is 0 Å². The highest BCUT2D eigenvalue weighted by atomic mass is 16.4. The largest absolute Gasteiger partial charge is 0.483 e. The van der Waals surface area contributed by atoms with Crippen molar-refractivity contribution in [3.8, 4) is 0 Å². The second kappa shape index (κ2) is 10.1. The molecule has 30 heavy (non-hydrogen) atoms. The molecule has 160 valence electrons. The van der Waals surface area contributed by atoms with Gasteiger partial charge >= 0.3 is 0 Å². The molecular formula is C22H28N4O4. The summed E-state index contributed by atoms with van der Waals surface area (Å²) < 4.78 is 7.96. The number of aromatic nitrogens is 2. The van der Waals surface area contributed by atoms with Crippen molar-refractivity contribution in [2.75, 3.05) is 18.4 Å². The Balaban J connectivity index is 0.000000806. The summed E-state index contributed by atoms with van der Waals surface area (Å²) >= 11 is 0. The van der Waals surface area contributed by atoms with Gasteiger partial charge in [-0.1, -0.05) is 6.92 Å². The highest BCUT2D eigenvalue weighted by Crippen LogP contribution is 2.22. The van der Waals surface area contributed by atoms with Crippen molar-refractivity contribution >= 4 is 29.1 Å². The van der Waals surface area contributed by atoms with E-state index in [0.29, 0.717) is 5.76 Å². The van der Waals surface area contributed by atoms with Crippen LogP contribution in [-0.4, -0.2) is 45.0 Å². The van der Waals surface area contributed by atoms with Crippen LogP contribution < -0.4 is 5.32 Å². The molecule has 1 aromatic carbocycles. The smallest absolute Gasteiger partial charge is 0.291 e. The second-order valence-corrected chi connectivity index (χ2v) is 7.14. The molecule has 8 nitrogen and oxygen atoms in total. The Morgan fingerprint density at radius 3 is 2.63 bits per heavy atom. The van der Waals surface area contributed by atoms with Crippen LogP contribution in [0.2, 0.25) is 0 Å². The third-order valence-corrected chi connectivity index (χ3v) is 5.18. The monoisotopic (exact) mass is 412 g/mol. The Labute approximate surface area is 175 Å². The lowest BCUT2D eigenvalue weighted by Gasteiger charge is -2.11. The minimum absolute atomic E-state index is 0.229. The number of imidazole rings is 1. The number of fused-ring (bicyclic) bond motifs is 1. The van der Waals surface area contributed by atoms with Gasteiger partial charge in [-0.15, -0.1) is 0 Å². The zero-order valence-electron chi connectivity index (χ0n) is 17.4. The molecule has 2 N–H and O–H groups in total. The molecule has 1 aliphatic heterocycles. The number of furan rings is 1. The minimum Gasteiger partial charge on any atom is -0.483 e. The molecule has 2 aromatic heterocycles. The molecule has 0 bridgehead atoms. The van der Waals surface area contributed by atoms with E-state index >= 15 is 0 Å². The molecule has 1 saturated heterocycles. The van der Waals surface area contributed by atoms with Crippen LogP contribution in [0.4, 0.5) is 5.69 Å². The number of hydrogen-bond donors (Lipinski definition) is 2. The van der Waals surface area contributed by atoms with Gasteiger partial charge in [0.1, 0.15) is 11.6 Å². The number of benzene rings is 1. The van der Waals surface area contributed by atoms with Crippen LogP contribution in [0.5, 0.6) is 0 Å². The predicted octanol–water partition coefficient (Wildman–Crippen LogP) is 3.76. The number of hydrogen-bond acceptors (Lipinski definition) is 5. The van der Waals surface area contributed by atoms with Crippen molar-refractivity contribution in [1.29, 1.82) is 0 Å². The highest BCUT2D eigenvalue weighted by molar-refractivity contribution is 6.03. The third-order valence-electron chi connectivity index (χ3n) is 5.18. The molecule has 3 heterocycles. The SMILES string of the molecule is CCc1nc2cc(NC(=O)c3ccc(CN4CCCC4)o3)ccc2n1CC.O=CO. The van der Waals surface area contributed by atoms with E-state index in [4.69, 9.17) is 14.3 Å². The summed E-state index contributed by atoms with van der Waals surface area (Å²) in [4.78, 5) is 27.9. The maximum Gasteiger partial charge on any atom is 0.291 e. The summed E-state index contributed by atoms with van der Waals surface area (Å²) in [7, 11) is 0. The average molecular weight is 412 g/mol. The van der Waals surface area contributed by atoms with E-state index in [1.165, 1.54) is 12.8 Å². The van der Waals surface area contributed by atoms with E-state index in [1.807, 2.05) is 24.3 Å².